The molecule has 12 heavy (non-hydrogen) atoms. The van der Waals surface area contributed by atoms with Crippen molar-refractivity contribution in [2.75, 3.05) is 0 Å². The van der Waals surface area contributed by atoms with E-state index in [1.807, 2.05) is 13.0 Å². The first-order valence-corrected chi connectivity index (χ1v) is 4.33. The van der Waals surface area contributed by atoms with Gasteiger partial charge in [0.05, 0.1) is 21.3 Å². The van der Waals surface area contributed by atoms with Crippen LogP contribution in [0.15, 0.2) is 18.2 Å². The van der Waals surface area contributed by atoms with E-state index >= 15 is 0 Å². The van der Waals surface area contributed by atoms with E-state index in [9.17, 15) is 0 Å². The van der Waals surface area contributed by atoms with Crippen LogP contribution in [0.5, 0.6) is 0 Å². The van der Waals surface area contributed by atoms with Gasteiger partial charge in [0.15, 0.2) is 4.98 Å². The highest BCUT2D eigenvalue weighted by Gasteiger charge is 2.07. The number of diazo groups is 1. The lowest BCUT2D eigenvalue weighted by atomic mass is 10.3. The maximum absolute atomic E-state index is 8.50. The van der Waals surface area contributed by atoms with E-state index in [0.717, 1.165) is 15.2 Å². The second-order valence-electron chi connectivity index (χ2n) is 2.48. The zero-order valence-electron chi connectivity index (χ0n) is 6.48. The van der Waals surface area contributed by atoms with Crippen LogP contribution in [0, 0.1) is 12.3 Å². The van der Waals surface area contributed by atoms with E-state index < -0.39 is 0 Å². The minimum absolute atomic E-state index is 0.549. The molecule has 4 heteroatoms. The lowest BCUT2D eigenvalue weighted by Gasteiger charge is -1.79. The first kappa shape index (κ1) is 7.19. The Morgan fingerprint density at radius 2 is 2.33 bits per heavy atom. The van der Waals surface area contributed by atoms with Crippen molar-refractivity contribution in [3.63, 3.8) is 0 Å². The number of aryl methyl sites for hydroxylation is 1. The Morgan fingerprint density at radius 3 is 3.08 bits per heavy atom. The van der Waals surface area contributed by atoms with Gasteiger partial charge >= 0.3 is 5.69 Å². The number of hydrogen-bond acceptors (Lipinski definition) is 3. The van der Waals surface area contributed by atoms with Crippen LogP contribution in [0.3, 0.4) is 0 Å². The van der Waals surface area contributed by atoms with Crippen LogP contribution < -0.4 is 0 Å². The summed E-state index contributed by atoms with van der Waals surface area (Å²) in [5.41, 5.74) is 1.45. The number of benzene rings is 1. The largest absolute Gasteiger partial charge is 0.387 e. The molecule has 58 valence electrons. The van der Waals surface area contributed by atoms with Gasteiger partial charge in [0, 0.05) is 6.07 Å². The molecular formula is C8H6N3S+. The molecule has 0 aliphatic heterocycles. The van der Waals surface area contributed by atoms with Crippen molar-refractivity contribution in [3.8, 4) is 0 Å². The molecule has 3 nitrogen and oxygen atoms in total. The Morgan fingerprint density at radius 1 is 1.50 bits per heavy atom. The maximum Gasteiger partial charge on any atom is 0.387 e. The highest BCUT2D eigenvalue weighted by atomic mass is 32.1. The lowest BCUT2D eigenvalue weighted by molar-refractivity contribution is 1.35. The average molecular weight is 176 g/mol. The van der Waals surface area contributed by atoms with Gasteiger partial charge in [-0.15, -0.1) is 11.3 Å². The minimum Gasteiger partial charge on any atom is -0.241 e. The van der Waals surface area contributed by atoms with E-state index in [0.29, 0.717) is 5.69 Å². The SMILES string of the molecule is Cc1nc2cc([N+]#N)ccc2s1. The van der Waals surface area contributed by atoms with Crippen LogP contribution in [-0.4, -0.2) is 4.98 Å². The van der Waals surface area contributed by atoms with E-state index in [1.165, 1.54) is 0 Å². The third kappa shape index (κ3) is 1.04. The van der Waals surface area contributed by atoms with Crippen molar-refractivity contribution in [3.05, 3.63) is 28.2 Å². The molecule has 2 aromatic rings. The molecule has 0 N–H and O–H groups in total. The maximum atomic E-state index is 8.50. The number of hydrogen-bond donors (Lipinski definition) is 0. The normalized spacial score (nSPS) is 10.0. The lowest BCUT2D eigenvalue weighted by Crippen LogP contribution is -1.67. The fourth-order valence-electron chi connectivity index (χ4n) is 1.09. The molecule has 0 saturated carbocycles. The Balaban J connectivity index is 2.77. The molecule has 0 aliphatic carbocycles. The molecule has 0 spiro atoms. The minimum atomic E-state index is 0.549. The molecular weight excluding hydrogens is 170 g/mol. The van der Waals surface area contributed by atoms with Crippen molar-refractivity contribution in [1.29, 1.82) is 5.39 Å². The Hall–Kier alpha value is -1.47. The molecule has 2 rings (SSSR count). The second-order valence-corrected chi connectivity index (χ2v) is 3.72. The molecule has 0 fully saturated rings. The van der Waals surface area contributed by atoms with Crippen LogP contribution in [0.4, 0.5) is 5.69 Å². The van der Waals surface area contributed by atoms with Gasteiger partial charge in [-0.05, 0) is 13.0 Å². The summed E-state index contributed by atoms with van der Waals surface area (Å²) in [6.45, 7) is 1.96. The third-order valence-corrected chi connectivity index (χ3v) is 2.55. The van der Waals surface area contributed by atoms with Gasteiger partial charge in [-0.1, -0.05) is 0 Å². The van der Waals surface area contributed by atoms with E-state index in [4.69, 9.17) is 5.39 Å². The van der Waals surface area contributed by atoms with Crippen molar-refractivity contribution in [1.82, 2.24) is 4.98 Å². The molecule has 0 aliphatic rings. The zero-order valence-corrected chi connectivity index (χ0v) is 7.30. The molecule has 0 radical (unpaired) electrons. The third-order valence-electron chi connectivity index (χ3n) is 1.59. The summed E-state index contributed by atoms with van der Waals surface area (Å²) < 4.78 is 1.12. The standard InChI is InChI=1S/C8H6N3S/c1-5-10-7-4-6(11-9)2-3-8(7)12-5/h2-4H,1H3/q+1. The van der Waals surface area contributed by atoms with Gasteiger partial charge in [-0.3, -0.25) is 0 Å². The van der Waals surface area contributed by atoms with Crippen LogP contribution in [0.1, 0.15) is 5.01 Å². The van der Waals surface area contributed by atoms with Gasteiger partial charge in [0.25, 0.3) is 0 Å². The summed E-state index contributed by atoms with van der Waals surface area (Å²) in [6, 6.07) is 5.44. The van der Waals surface area contributed by atoms with Gasteiger partial charge in [-0.25, -0.2) is 4.98 Å². The topological polar surface area (TPSA) is 41.0 Å². The number of nitrogens with zero attached hydrogens (tertiary/aromatic N) is 3. The van der Waals surface area contributed by atoms with Crippen molar-refractivity contribution >= 4 is 27.2 Å². The van der Waals surface area contributed by atoms with Crippen molar-refractivity contribution in [2.24, 2.45) is 0 Å². The van der Waals surface area contributed by atoms with E-state index in [-0.39, 0.29) is 0 Å². The zero-order chi connectivity index (χ0) is 8.55. The predicted octanol–water partition coefficient (Wildman–Crippen LogP) is 3.09. The number of aromatic nitrogens is 1. The van der Waals surface area contributed by atoms with Gasteiger partial charge in [-0.2, -0.15) is 0 Å². The summed E-state index contributed by atoms with van der Waals surface area (Å²) in [5.74, 6) is 0. The molecule has 0 unspecified atom stereocenters. The molecule has 1 heterocycles. The van der Waals surface area contributed by atoms with Crippen LogP contribution in [0.25, 0.3) is 15.2 Å². The van der Waals surface area contributed by atoms with Crippen LogP contribution in [-0.2, 0) is 0 Å². The summed E-state index contributed by atoms with van der Waals surface area (Å²) in [5, 5.41) is 9.53. The fourth-order valence-corrected chi connectivity index (χ4v) is 1.90. The van der Waals surface area contributed by atoms with Crippen molar-refractivity contribution < 1.29 is 0 Å². The molecule has 1 aromatic carbocycles. The van der Waals surface area contributed by atoms with Crippen LogP contribution in [0.2, 0.25) is 0 Å². The number of thiazole rings is 1. The van der Waals surface area contributed by atoms with E-state index in [1.54, 1.807) is 23.5 Å². The molecule has 1 aromatic heterocycles. The Kier molecular flexibility index (Phi) is 1.52. The molecule has 0 bridgehead atoms. The Bertz CT molecular complexity index is 467. The van der Waals surface area contributed by atoms with Gasteiger partial charge in [0.1, 0.15) is 0 Å². The van der Waals surface area contributed by atoms with E-state index in [2.05, 4.69) is 9.96 Å². The first-order valence-electron chi connectivity index (χ1n) is 3.52. The van der Waals surface area contributed by atoms with Crippen molar-refractivity contribution in [2.45, 2.75) is 6.92 Å². The monoisotopic (exact) mass is 176 g/mol. The molecule has 0 amide bonds. The predicted molar refractivity (Wildman–Crippen MR) is 49.1 cm³/mol. The second kappa shape index (κ2) is 2.54. The smallest absolute Gasteiger partial charge is 0.241 e. The summed E-state index contributed by atoms with van der Waals surface area (Å²) >= 11 is 1.64. The number of fused-ring (bicyclic) bond motifs is 1. The Labute approximate surface area is 73.3 Å². The highest BCUT2D eigenvalue weighted by molar-refractivity contribution is 7.18. The van der Waals surface area contributed by atoms with Gasteiger partial charge < -0.3 is 0 Å². The average Bonchev–Trinajstić information content (AvgIpc) is 2.43. The van der Waals surface area contributed by atoms with Gasteiger partial charge in [0.2, 0.25) is 5.39 Å². The fraction of sp³-hybridized carbons (Fsp3) is 0.125. The highest BCUT2D eigenvalue weighted by Crippen LogP contribution is 2.25. The quantitative estimate of drug-likeness (QED) is 0.579. The molecule has 0 atom stereocenters. The van der Waals surface area contributed by atoms with Crippen LogP contribution >= 0.6 is 11.3 Å². The molecule has 0 saturated heterocycles. The summed E-state index contributed by atoms with van der Waals surface area (Å²) in [6.07, 6.45) is 0. The summed E-state index contributed by atoms with van der Waals surface area (Å²) in [7, 11) is 0. The number of rotatable bonds is 0. The summed E-state index contributed by atoms with van der Waals surface area (Å²) in [4.78, 5) is 7.36. The first-order chi connectivity index (χ1) is 5.79.